The van der Waals surface area contributed by atoms with Crippen molar-refractivity contribution in [2.45, 2.75) is 150 Å². The van der Waals surface area contributed by atoms with Crippen LogP contribution in [0.1, 0.15) is 150 Å². The van der Waals surface area contributed by atoms with Crippen LogP contribution in [0.5, 0.6) is 0 Å². The molecule has 0 spiro atoms. The number of ether oxygens (including phenoxy) is 1. The lowest BCUT2D eigenvalue weighted by molar-refractivity contribution is -0.132. The van der Waals surface area contributed by atoms with E-state index >= 15 is 0 Å². The summed E-state index contributed by atoms with van der Waals surface area (Å²) < 4.78 is 36.8. The zero-order valence-electron chi connectivity index (χ0n) is 47.7. The van der Waals surface area contributed by atoms with Gasteiger partial charge in [0, 0.05) is 88.5 Å². The highest BCUT2D eigenvalue weighted by Gasteiger charge is 2.25. The number of carbonyl (C=O) groups excluding carboxylic acids is 3. The van der Waals surface area contributed by atoms with Crippen LogP contribution in [0.2, 0.25) is 0 Å². The quantitative estimate of drug-likeness (QED) is 0.0561. The van der Waals surface area contributed by atoms with Crippen LogP contribution in [-0.2, 0) is 39.1 Å². The lowest BCUT2D eigenvalue weighted by Crippen LogP contribution is -2.39. The Bertz CT molecular complexity index is 2950. The maximum Gasteiger partial charge on any atom is 0.264 e. The molecule has 3 aliphatic rings. The molecular formula is C62H84F2N8O6S. The highest BCUT2D eigenvalue weighted by molar-refractivity contribution is 7.13. The second kappa shape index (κ2) is 30.9. The first-order valence-electron chi connectivity index (χ1n) is 28.2. The number of aliphatic hydroxyl groups is 1. The van der Waals surface area contributed by atoms with Crippen molar-refractivity contribution >= 4 is 46.2 Å². The van der Waals surface area contributed by atoms with Gasteiger partial charge in [0.15, 0.2) is 0 Å². The van der Waals surface area contributed by atoms with Gasteiger partial charge in [0.05, 0.1) is 46.5 Å². The molecular weight excluding hydrogens is 1020 g/mol. The van der Waals surface area contributed by atoms with Gasteiger partial charge in [-0.05, 0) is 135 Å². The molecule has 2 atom stereocenters. The lowest BCUT2D eigenvalue weighted by atomic mass is 9.91. The molecule has 1 unspecified atom stereocenters. The number of alkyl halides is 2. The second-order valence-corrected chi connectivity index (χ2v) is 22.7. The smallest absolute Gasteiger partial charge is 0.264 e. The number of unbranched alkanes of at least 4 members (excludes halogenated alkanes) is 5. The minimum atomic E-state index is -2.54. The summed E-state index contributed by atoms with van der Waals surface area (Å²) in [5.41, 5.74) is 11.8. The van der Waals surface area contributed by atoms with Crippen molar-refractivity contribution in [2.75, 3.05) is 51.3 Å². The van der Waals surface area contributed by atoms with Gasteiger partial charge in [0.2, 0.25) is 18.2 Å². The van der Waals surface area contributed by atoms with E-state index in [-0.39, 0.29) is 35.5 Å². The zero-order chi connectivity index (χ0) is 57.0. The number of nitrogens with zero attached hydrogens (tertiary/aromatic N) is 6. The number of carbonyl (C=O) groups is 3. The van der Waals surface area contributed by atoms with Gasteiger partial charge in [0.1, 0.15) is 0 Å². The van der Waals surface area contributed by atoms with Crippen LogP contribution in [-0.4, -0.2) is 100 Å². The fourth-order valence-corrected chi connectivity index (χ4v) is 10.9. The second-order valence-electron chi connectivity index (χ2n) is 21.8. The van der Waals surface area contributed by atoms with Gasteiger partial charge < -0.3 is 34.8 Å². The van der Waals surface area contributed by atoms with E-state index in [9.17, 15) is 33.1 Å². The maximum absolute atomic E-state index is 13.9. The molecule has 0 aliphatic carbocycles. The predicted octanol–water partition coefficient (Wildman–Crippen LogP) is 11.6. The van der Waals surface area contributed by atoms with Crippen LogP contribution in [0.15, 0.2) is 83.4 Å². The van der Waals surface area contributed by atoms with Gasteiger partial charge in [-0.15, -0.1) is 11.3 Å². The number of β-amino-alcohol motifs (C(OH)–C–C–N with tert-alkyl or cyclic N) is 1. The number of hydrogen-bond donors (Lipinski definition) is 3. The Morgan fingerprint density at radius 1 is 0.899 bits per heavy atom. The Balaban J connectivity index is 0.000000208. The lowest BCUT2D eigenvalue weighted by Gasteiger charge is -2.29. The zero-order valence-corrected chi connectivity index (χ0v) is 48.6. The number of rotatable bonds is 18. The molecule has 2 fully saturated rings. The van der Waals surface area contributed by atoms with Gasteiger partial charge in [0.25, 0.3) is 12.0 Å². The normalized spacial score (nSPS) is 15.6. The Labute approximate surface area is 470 Å². The van der Waals surface area contributed by atoms with Crippen LogP contribution in [0.25, 0.3) is 32.5 Å². The van der Waals surface area contributed by atoms with Crippen molar-refractivity contribution in [3.05, 3.63) is 122 Å². The molecule has 0 saturated carbocycles. The molecule has 0 radical (unpaired) electrons. The minimum Gasteiger partial charge on any atom is -0.391 e. The summed E-state index contributed by atoms with van der Waals surface area (Å²) in [6, 6.07) is 20.3. The number of hydrogen-bond acceptors (Lipinski definition) is 10. The summed E-state index contributed by atoms with van der Waals surface area (Å²) in [6.07, 6.45) is 12.2. The number of anilines is 1. The average Bonchev–Trinajstić information content (AvgIpc) is 4.22. The largest absolute Gasteiger partial charge is 0.391 e. The molecule has 14 nitrogen and oxygen atoms in total. The number of amides is 3. The van der Waals surface area contributed by atoms with Crippen LogP contribution in [0, 0.1) is 19.8 Å². The van der Waals surface area contributed by atoms with Crippen molar-refractivity contribution in [3.63, 3.8) is 0 Å². The van der Waals surface area contributed by atoms with Crippen LogP contribution >= 0.6 is 11.3 Å². The van der Waals surface area contributed by atoms with E-state index in [0.717, 1.165) is 147 Å². The number of nitrogens with one attached hydrogen (secondary N) is 2. The summed E-state index contributed by atoms with van der Waals surface area (Å²) in [5.74, 6) is 1.14. The number of pyridine rings is 1. The van der Waals surface area contributed by atoms with Gasteiger partial charge >= 0.3 is 0 Å². The van der Waals surface area contributed by atoms with Crippen LogP contribution in [0.3, 0.4) is 0 Å². The van der Waals surface area contributed by atoms with Gasteiger partial charge in [-0.25, -0.2) is 13.8 Å². The summed E-state index contributed by atoms with van der Waals surface area (Å²) >= 11 is 1.64. The van der Waals surface area contributed by atoms with E-state index in [1.165, 1.54) is 16.0 Å². The Hall–Kier alpha value is -6.30. The maximum atomic E-state index is 13.9. The monoisotopic (exact) mass is 1110 g/mol. The van der Waals surface area contributed by atoms with E-state index < -0.39 is 12.5 Å². The number of fused-ring (bicyclic) bond motifs is 2. The first-order valence-corrected chi connectivity index (χ1v) is 29.1. The highest BCUT2D eigenvalue weighted by Crippen LogP contribution is 2.39. The van der Waals surface area contributed by atoms with E-state index in [1.54, 1.807) is 33.1 Å². The first kappa shape index (κ1) is 61.9. The fourth-order valence-electron chi connectivity index (χ4n) is 10.1. The van der Waals surface area contributed by atoms with Crippen molar-refractivity contribution < 1.29 is 33.0 Å². The predicted molar refractivity (Wildman–Crippen MR) is 314 cm³/mol. The average molecular weight is 1110 g/mol. The van der Waals surface area contributed by atoms with Gasteiger partial charge in [-0.1, -0.05) is 82.9 Å². The summed E-state index contributed by atoms with van der Waals surface area (Å²) in [6.45, 7) is 16.5. The molecule has 17 heteroatoms. The summed E-state index contributed by atoms with van der Waals surface area (Å²) in [5, 5.41) is 20.5. The number of benzene rings is 3. The number of aliphatic hydroxyl groups excluding tert-OH is 1. The molecule has 9 rings (SSSR count). The van der Waals surface area contributed by atoms with Crippen molar-refractivity contribution in [3.8, 4) is 21.6 Å². The molecule has 6 heterocycles. The molecule has 428 valence electrons. The number of likely N-dealkylation sites (tertiary alicyclic amines) is 1. The third kappa shape index (κ3) is 18.4. The molecule has 79 heavy (non-hydrogen) atoms. The third-order valence-electron chi connectivity index (χ3n) is 14.6. The standard InChI is InChI=1S/C29H41F2N5O3.C16H19NO2.C13H14N2OS.C4H10/c1-34-12-8-9-21-15-24(25(29(30)31)16-26(21)34)22-17-33-36(19-22)13-7-5-3-2-4-6-10-27(38)32-18-28(39)35-14-11-23(37)20-35;1-11-9-14-4-3-13(12-5-7-19-8-6-12)10-15(14)17(2)16(11)18;1-9(14-7-16)11-3-5-12(6-4-11)13-10(2)15-8-17-13;1-4(2)3/h15-17,19,23,29,37H,2-14,18,20H2,1H3,(H,32,38);3-4,9-10,12H,5-8H2,1-2H3;3-9H,1-2H3,(H,14,16);4H,1-3H3/t;;9-;/m..0./s1. The molecule has 3 N–H and O–H groups in total. The number of thiazole rings is 1. The molecule has 0 bridgehead atoms. The summed E-state index contributed by atoms with van der Waals surface area (Å²) in [4.78, 5) is 55.5. The number of aromatic nitrogens is 4. The van der Waals surface area contributed by atoms with Crippen LogP contribution in [0.4, 0.5) is 14.5 Å². The number of halogens is 2. The van der Waals surface area contributed by atoms with Crippen molar-refractivity contribution in [1.29, 1.82) is 0 Å². The van der Waals surface area contributed by atoms with Gasteiger partial charge in [-0.2, -0.15) is 5.10 Å². The molecule has 3 aromatic heterocycles. The Morgan fingerprint density at radius 2 is 1.61 bits per heavy atom. The van der Waals surface area contributed by atoms with Crippen molar-refractivity contribution in [2.24, 2.45) is 13.0 Å². The molecule has 6 aromatic rings. The summed E-state index contributed by atoms with van der Waals surface area (Å²) in [7, 11) is 3.81. The van der Waals surface area contributed by atoms with E-state index in [0.29, 0.717) is 37.4 Å². The highest BCUT2D eigenvalue weighted by atomic mass is 32.1. The van der Waals surface area contributed by atoms with E-state index in [1.807, 2.05) is 75.5 Å². The Morgan fingerprint density at radius 3 is 2.27 bits per heavy atom. The van der Waals surface area contributed by atoms with E-state index in [2.05, 4.69) is 76.7 Å². The Kier molecular flexibility index (Phi) is 24.2. The van der Waals surface area contributed by atoms with Crippen molar-refractivity contribution in [1.82, 2.24) is 34.9 Å². The molecule has 2 saturated heterocycles. The first-order chi connectivity index (χ1) is 37.9. The van der Waals surface area contributed by atoms with Gasteiger partial charge in [-0.3, -0.25) is 23.9 Å². The SMILES string of the molecule is CC(C)C.CN1CCCc2cc(-c3cnn(CCCCCCCCC(=O)NCC(=O)N4CCC(O)C4)c3)c(C(F)F)cc21.Cc1cc2ccc(C3CCOCC3)cc2n(C)c1=O.Cc1ncsc1-c1ccc([C@H](C)NC=O)cc1. The molecule has 3 aromatic carbocycles. The molecule has 3 amide bonds. The third-order valence-corrected chi connectivity index (χ3v) is 15.6. The van der Waals surface area contributed by atoms with Crippen LogP contribution < -0.4 is 21.1 Å². The minimum absolute atomic E-state index is 0.00599. The number of aryl methyl sites for hydroxylation is 5. The molecule has 3 aliphatic heterocycles. The van der Waals surface area contributed by atoms with E-state index in [4.69, 9.17) is 4.74 Å². The topological polar surface area (TPSA) is 164 Å². The fraction of sp³-hybridized carbons (Fsp3) is 0.516.